The Morgan fingerprint density at radius 3 is 0.742 bits per heavy atom. The molecule has 0 aliphatic heterocycles. The summed E-state index contributed by atoms with van der Waals surface area (Å²) in [6.45, 7) is 42.9. The van der Waals surface area contributed by atoms with Crippen LogP contribution in [0.4, 0.5) is 0 Å². The summed E-state index contributed by atoms with van der Waals surface area (Å²) in [6, 6.07) is 0. The van der Waals surface area contributed by atoms with Crippen LogP contribution in [0.2, 0.25) is 0 Å². The van der Waals surface area contributed by atoms with Crippen molar-refractivity contribution in [1.29, 1.82) is 0 Å². The number of hydrogen-bond acceptors (Lipinski definition) is 28. The number of carbonyl (C=O) groups is 14. The fourth-order valence-corrected chi connectivity index (χ4v) is 3.22. The van der Waals surface area contributed by atoms with Gasteiger partial charge in [-0.1, -0.05) is 102 Å². The highest BCUT2D eigenvalue weighted by atomic mass is 16.6. The lowest BCUT2D eigenvalue weighted by Gasteiger charge is -1.99. The van der Waals surface area contributed by atoms with Crippen molar-refractivity contribution in [2.75, 3.05) is 94.5 Å². The second-order valence-corrected chi connectivity index (χ2v) is 16.3. The monoisotopic (exact) mass is 1360 g/mol. The molecule has 0 aromatic rings. The molecule has 0 rings (SSSR count). The number of esters is 10. The second-order valence-electron chi connectivity index (χ2n) is 16.3. The Bertz CT molecular complexity index is 1540. The van der Waals surface area contributed by atoms with E-state index in [4.69, 9.17) is 14.3 Å². The Morgan fingerprint density at radius 1 is 0.258 bits per heavy atom. The zero-order valence-electron chi connectivity index (χ0n) is 61.8. The minimum atomic E-state index is -0.245. The quantitative estimate of drug-likeness (QED) is 0.0269. The molecule has 28 nitrogen and oxygen atoms in total. The molecule has 93 heavy (non-hydrogen) atoms. The van der Waals surface area contributed by atoms with Crippen LogP contribution in [-0.4, -0.2) is 180 Å². The van der Waals surface area contributed by atoms with Crippen LogP contribution in [0.3, 0.4) is 0 Å². The van der Waals surface area contributed by atoms with E-state index >= 15 is 0 Å². The largest absolute Gasteiger partial charge is 0.471 e. The Kier molecular flexibility index (Phi) is 166. The normalized spacial score (nSPS) is 8.04. The van der Waals surface area contributed by atoms with Gasteiger partial charge in [-0.15, -0.1) is 0 Å². The van der Waals surface area contributed by atoms with Crippen LogP contribution in [0.15, 0.2) is 0 Å². The van der Waals surface area contributed by atoms with Gasteiger partial charge in [0.05, 0.1) is 94.5 Å². The van der Waals surface area contributed by atoms with E-state index in [0.29, 0.717) is 130 Å². The molecule has 0 aromatic carbocycles. The van der Waals surface area contributed by atoms with Gasteiger partial charge in [-0.25, -0.2) is 0 Å². The fraction of sp³-hybridized carbons (Fsp3) is 0.785. The highest BCUT2D eigenvalue weighted by molar-refractivity contribution is 5.70. The summed E-state index contributed by atoms with van der Waals surface area (Å²) in [5.74, 6) is -1.52. The molecule has 0 saturated heterocycles. The molecule has 0 aliphatic carbocycles. The predicted molar refractivity (Wildman–Crippen MR) is 354 cm³/mol. The summed E-state index contributed by atoms with van der Waals surface area (Å²) < 4.78 is 61.7. The van der Waals surface area contributed by atoms with Gasteiger partial charge in [-0.05, 0) is 79.1 Å². The summed E-state index contributed by atoms with van der Waals surface area (Å²) in [4.78, 5) is 138. The molecule has 0 saturated carbocycles. The molecule has 0 radical (unpaired) electrons. The summed E-state index contributed by atoms with van der Waals surface area (Å²) in [6.07, 6.45) is 13.6. The standard InChI is InChI=1S/C7H14O2.3C6H12O2.4C5H10O2.3C4H8O2.2C3H6O2.C2H4O2/c1-3-5-6-9-7(8)4-2;1-3-4-5-8-6(2)7;1-3-5-6(7)8-4-2;1-3-5-8-6(7)4-2;1-3-4-5(6)7-2;1-3-4-7-5(2)6;1-3-5(6)7-4-2;1-2-3-4-7-5-6;1-3-4(5)6-2;1-3-6-4(2)5;1-2-3-6-4-5;1-3(4)5-2;1-2-5-3-4;1-4-2-3/h3-6H2,1-2H3;3*3-5H2,1-2H3;3*3-4H2,1-2H3;5H,2-4H2,1H3;2*3H2,1-2H3;4H,2-3H2,1H3;1-2H3;3H,2H2,1H3;2H,1H3. The SMILES string of the molecule is CCC(=O)OC.CCCC(=O)OC.CCCC(=O)OCC.CCCCOC(=O)CC.CCCCOC(C)=O.CCCCOC=O.CCCOC(=O)CC.CCCOC(C)=O.CCCOC=O.CCOC(=O)CC.CCOC(C)=O.CCOC=O.COC(C)=O.COC=O. The van der Waals surface area contributed by atoms with E-state index in [2.05, 4.69) is 70.7 Å². The van der Waals surface area contributed by atoms with Crippen molar-refractivity contribution in [2.24, 2.45) is 0 Å². The number of ether oxygens (including phenoxy) is 14. The third-order valence-corrected chi connectivity index (χ3v) is 7.71. The van der Waals surface area contributed by atoms with Crippen LogP contribution >= 0.6 is 0 Å². The fourth-order valence-electron chi connectivity index (χ4n) is 3.22. The van der Waals surface area contributed by atoms with Gasteiger partial charge in [0.15, 0.2) is 0 Å². The van der Waals surface area contributed by atoms with Crippen molar-refractivity contribution >= 4 is 85.6 Å². The molecule has 28 heteroatoms. The van der Waals surface area contributed by atoms with E-state index in [1.807, 2.05) is 48.5 Å². The molecule has 0 bridgehead atoms. The Hall–Kier alpha value is -7.42. The molecule has 0 heterocycles. The lowest BCUT2D eigenvalue weighted by molar-refractivity contribution is -0.144. The molecule has 0 N–H and O–H groups in total. The van der Waals surface area contributed by atoms with Crippen molar-refractivity contribution in [3.05, 3.63) is 0 Å². The highest BCUT2D eigenvalue weighted by Gasteiger charge is 1.97. The maximum atomic E-state index is 10.5. The van der Waals surface area contributed by atoms with Gasteiger partial charge in [-0.3, -0.25) is 67.1 Å². The number of carbonyl (C=O) groups excluding carboxylic acids is 14. The Morgan fingerprint density at radius 2 is 0.548 bits per heavy atom. The molecular weight excluding hydrogens is 1230 g/mol. The van der Waals surface area contributed by atoms with Crippen molar-refractivity contribution in [3.63, 3.8) is 0 Å². The van der Waals surface area contributed by atoms with Crippen molar-refractivity contribution < 1.29 is 133 Å². The van der Waals surface area contributed by atoms with E-state index in [1.54, 1.807) is 48.5 Å². The van der Waals surface area contributed by atoms with Gasteiger partial charge in [-0.2, -0.15) is 0 Å². The van der Waals surface area contributed by atoms with Gasteiger partial charge in [0.1, 0.15) is 0 Å². The number of unbranched alkanes of at least 4 members (excludes halogenated alkanes) is 3. The molecule has 0 atom stereocenters. The zero-order chi connectivity index (χ0) is 75.6. The maximum absolute atomic E-state index is 10.5. The smallest absolute Gasteiger partial charge is 0.305 e. The van der Waals surface area contributed by atoms with Crippen LogP contribution < -0.4 is 0 Å². The van der Waals surface area contributed by atoms with E-state index in [0.717, 1.165) is 70.6 Å². The Balaban J connectivity index is -0.0000000605. The van der Waals surface area contributed by atoms with Crippen LogP contribution in [-0.2, 0) is 133 Å². The predicted octanol–water partition coefficient (Wildman–Crippen LogP) is 11.5. The van der Waals surface area contributed by atoms with E-state index in [1.165, 1.54) is 56.1 Å². The molecule has 0 amide bonds. The van der Waals surface area contributed by atoms with Gasteiger partial charge in [0.2, 0.25) is 0 Å². The van der Waals surface area contributed by atoms with Gasteiger partial charge >= 0.3 is 59.7 Å². The van der Waals surface area contributed by atoms with Crippen LogP contribution in [0.1, 0.15) is 248 Å². The lowest BCUT2D eigenvalue weighted by Crippen LogP contribution is -2.02. The lowest BCUT2D eigenvalue weighted by atomic mass is 10.3. The molecule has 0 spiro atoms. The summed E-state index contributed by atoms with van der Waals surface area (Å²) in [5.41, 5.74) is 0. The zero-order valence-corrected chi connectivity index (χ0v) is 61.8. The third-order valence-electron chi connectivity index (χ3n) is 7.71. The first-order chi connectivity index (χ1) is 44.1. The maximum Gasteiger partial charge on any atom is 0.305 e. The molecular formula is C65H130O28. The topological polar surface area (TPSA) is 368 Å². The van der Waals surface area contributed by atoms with Gasteiger partial charge in [0.25, 0.3) is 25.9 Å². The molecule has 558 valence electrons. The average Bonchev–Trinajstić information content (AvgIpc) is 3.57. The first-order valence-electron chi connectivity index (χ1n) is 31.4. The minimum Gasteiger partial charge on any atom is -0.471 e. The van der Waals surface area contributed by atoms with Crippen molar-refractivity contribution in [1.82, 2.24) is 0 Å². The Labute approximate surface area is 559 Å². The first kappa shape index (κ1) is 119. The molecule has 0 unspecified atom stereocenters. The number of methoxy groups -OCH3 is 4. The third kappa shape index (κ3) is 235. The van der Waals surface area contributed by atoms with Gasteiger partial charge in [0, 0.05) is 66.2 Å². The van der Waals surface area contributed by atoms with Crippen molar-refractivity contribution in [3.8, 4) is 0 Å². The van der Waals surface area contributed by atoms with Crippen molar-refractivity contribution in [2.45, 2.75) is 248 Å². The molecule has 0 aliphatic rings. The minimum absolute atomic E-state index is 0.0880. The molecule has 0 aromatic heterocycles. The van der Waals surface area contributed by atoms with E-state index in [-0.39, 0.29) is 59.7 Å². The van der Waals surface area contributed by atoms with Gasteiger partial charge < -0.3 is 66.3 Å². The van der Waals surface area contributed by atoms with Crippen LogP contribution in [0.5, 0.6) is 0 Å². The van der Waals surface area contributed by atoms with E-state index < -0.39 is 0 Å². The first-order valence-corrected chi connectivity index (χ1v) is 31.4. The van der Waals surface area contributed by atoms with E-state index in [9.17, 15) is 62.3 Å². The number of hydrogen-bond donors (Lipinski definition) is 0. The molecule has 0 fully saturated rings. The average molecular weight is 1360 g/mol. The second kappa shape index (κ2) is 129. The summed E-state index contributed by atoms with van der Waals surface area (Å²) >= 11 is 0. The van der Waals surface area contributed by atoms with Crippen LogP contribution in [0.25, 0.3) is 0 Å². The summed E-state index contributed by atoms with van der Waals surface area (Å²) in [5, 5.41) is 0. The highest BCUT2D eigenvalue weighted by Crippen LogP contribution is 1.92. The summed E-state index contributed by atoms with van der Waals surface area (Å²) in [7, 11) is 5.44. The van der Waals surface area contributed by atoms with Crippen LogP contribution in [0, 0.1) is 0 Å². The number of rotatable bonds is 31.